The van der Waals surface area contributed by atoms with Gasteiger partial charge in [-0.05, 0) is 38.8 Å². The smallest absolute Gasteiger partial charge is 0.320 e. The summed E-state index contributed by atoms with van der Waals surface area (Å²) in [4.78, 5) is 28.3. The van der Waals surface area contributed by atoms with Crippen molar-refractivity contribution in [1.82, 2.24) is 10.3 Å². The molecular weight excluding hydrogens is 401 g/mol. The summed E-state index contributed by atoms with van der Waals surface area (Å²) in [5.41, 5.74) is 0.461. The third-order valence-corrected chi connectivity index (χ3v) is 4.42. The van der Waals surface area contributed by atoms with E-state index in [0.717, 1.165) is 0 Å². The number of ketones is 1. The number of hydrogen-bond acceptors (Lipinski definition) is 7. The lowest BCUT2D eigenvalue weighted by molar-refractivity contribution is -0.153. The van der Waals surface area contributed by atoms with Crippen LogP contribution in [-0.2, 0) is 9.53 Å². The molecule has 1 N–H and O–H groups in total. The number of esters is 1. The molecule has 2 aromatic carbocycles. The Labute approximate surface area is 178 Å². The summed E-state index contributed by atoms with van der Waals surface area (Å²) in [7, 11) is 0. The van der Waals surface area contributed by atoms with Crippen molar-refractivity contribution >= 4 is 22.9 Å². The lowest BCUT2D eigenvalue weighted by Crippen LogP contribution is -2.34. The Morgan fingerprint density at radius 1 is 1.23 bits per heavy atom. The van der Waals surface area contributed by atoms with Crippen molar-refractivity contribution in [2.75, 3.05) is 13.1 Å². The first-order valence-electron chi connectivity index (χ1n) is 9.66. The number of nitrogens with zero attached hydrogens (tertiary/aromatic N) is 2. The van der Waals surface area contributed by atoms with Gasteiger partial charge in [-0.3, -0.25) is 14.9 Å². The van der Waals surface area contributed by atoms with Crippen LogP contribution >= 0.6 is 0 Å². The van der Waals surface area contributed by atoms with Gasteiger partial charge in [0.2, 0.25) is 5.78 Å². The molecule has 0 unspecified atom stereocenters. The highest BCUT2D eigenvalue weighted by molar-refractivity contribution is 5.98. The van der Waals surface area contributed by atoms with Crippen molar-refractivity contribution in [3.8, 4) is 17.2 Å². The van der Waals surface area contributed by atoms with Gasteiger partial charge < -0.3 is 9.15 Å². The van der Waals surface area contributed by atoms with Gasteiger partial charge in [-0.15, -0.1) is 0 Å². The normalized spacial score (nSPS) is 11.4. The van der Waals surface area contributed by atoms with E-state index in [4.69, 9.17) is 9.15 Å². The van der Waals surface area contributed by atoms with Crippen molar-refractivity contribution in [1.29, 1.82) is 5.26 Å². The third-order valence-electron chi connectivity index (χ3n) is 4.42. The average Bonchev–Trinajstić information content (AvgIpc) is 3.13. The molecule has 0 saturated heterocycles. The number of halogens is 1. The molecule has 0 amide bonds. The van der Waals surface area contributed by atoms with Crippen LogP contribution in [0.5, 0.6) is 0 Å². The van der Waals surface area contributed by atoms with Crippen molar-refractivity contribution < 1.29 is 23.1 Å². The van der Waals surface area contributed by atoms with Gasteiger partial charge in [0.25, 0.3) is 5.89 Å². The Kier molecular flexibility index (Phi) is 6.18. The van der Waals surface area contributed by atoms with Gasteiger partial charge in [-0.2, -0.15) is 5.26 Å². The number of aromatic nitrogens is 1. The number of fused-ring (bicyclic) bond motifs is 1. The maximum Gasteiger partial charge on any atom is 0.320 e. The summed E-state index contributed by atoms with van der Waals surface area (Å²) in [5, 5.41) is 12.3. The minimum atomic E-state index is -0.689. The molecule has 0 aliphatic rings. The SMILES string of the molecule is Cc1c(-c2ccccc2)c(F)c2oc(C(=O)CNCC(=O)OC(C)(C)C)nc2c1C#N. The number of carbonyl (C=O) groups is 2. The second-order valence-corrected chi connectivity index (χ2v) is 7.98. The summed E-state index contributed by atoms with van der Waals surface area (Å²) in [6.07, 6.45) is 0. The first kappa shape index (κ1) is 22.1. The lowest BCUT2D eigenvalue weighted by Gasteiger charge is -2.19. The zero-order valence-electron chi connectivity index (χ0n) is 17.7. The molecule has 1 aromatic heterocycles. The number of nitriles is 1. The van der Waals surface area contributed by atoms with Crippen LogP contribution in [0.3, 0.4) is 0 Å². The second-order valence-electron chi connectivity index (χ2n) is 7.98. The van der Waals surface area contributed by atoms with Crippen LogP contribution in [0.15, 0.2) is 34.7 Å². The molecule has 160 valence electrons. The van der Waals surface area contributed by atoms with Gasteiger partial charge in [-0.1, -0.05) is 30.3 Å². The van der Waals surface area contributed by atoms with E-state index in [1.165, 1.54) is 0 Å². The predicted octanol–water partition coefficient (Wildman–Crippen LogP) is 3.93. The Hall–Kier alpha value is -3.57. The molecule has 0 fully saturated rings. The maximum absolute atomic E-state index is 15.3. The first-order valence-corrected chi connectivity index (χ1v) is 9.66. The summed E-state index contributed by atoms with van der Waals surface area (Å²) in [6.45, 7) is 6.39. The largest absolute Gasteiger partial charge is 0.459 e. The van der Waals surface area contributed by atoms with E-state index in [2.05, 4.69) is 10.3 Å². The third kappa shape index (κ3) is 4.78. The van der Waals surface area contributed by atoms with Gasteiger partial charge in [-0.25, -0.2) is 9.37 Å². The zero-order valence-corrected chi connectivity index (χ0v) is 17.7. The van der Waals surface area contributed by atoms with E-state index in [-0.39, 0.29) is 41.2 Å². The number of nitrogens with one attached hydrogen (secondary N) is 1. The fraction of sp³-hybridized carbons (Fsp3) is 0.304. The highest BCUT2D eigenvalue weighted by atomic mass is 19.1. The molecule has 0 spiro atoms. The van der Waals surface area contributed by atoms with Crippen LogP contribution in [0, 0.1) is 24.1 Å². The number of ether oxygens (including phenoxy) is 1. The van der Waals surface area contributed by atoms with Crippen molar-refractivity contribution in [2.45, 2.75) is 33.3 Å². The monoisotopic (exact) mass is 423 g/mol. The van der Waals surface area contributed by atoms with Crippen LogP contribution in [0.25, 0.3) is 22.2 Å². The number of benzene rings is 2. The molecule has 8 heteroatoms. The van der Waals surface area contributed by atoms with Crippen molar-refractivity contribution in [2.24, 2.45) is 0 Å². The van der Waals surface area contributed by atoms with E-state index < -0.39 is 23.2 Å². The number of carbonyl (C=O) groups excluding carboxylic acids is 2. The summed E-state index contributed by atoms with van der Waals surface area (Å²) in [5.74, 6) is -2.13. The molecule has 0 aliphatic carbocycles. The first-order chi connectivity index (χ1) is 14.6. The Bertz CT molecular complexity index is 1190. The van der Waals surface area contributed by atoms with Crippen LogP contribution in [0.2, 0.25) is 0 Å². The number of Topliss-reactive ketones (excluding diaryl/α,β-unsaturated/α-hetero) is 1. The Morgan fingerprint density at radius 3 is 2.52 bits per heavy atom. The van der Waals surface area contributed by atoms with E-state index in [1.54, 1.807) is 58.0 Å². The molecule has 0 bridgehead atoms. The maximum atomic E-state index is 15.3. The number of oxazole rings is 1. The topological polar surface area (TPSA) is 105 Å². The van der Waals surface area contributed by atoms with Gasteiger partial charge in [0.05, 0.1) is 18.7 Å². The Morgan fingerprint density at radius 2 is 1.90 bits per heavy atom. The molecule has 7 nitrogen and oxygen atoms in total. The molecule has 0 radical (unpaired) electrons. The molecular formula is C23H22FN3O4. The second kappa shape index (κ2) is 8.66. The number of rotatable bonds is 6. The summed E-state index contributed by atoms with van der Waals surface area (Å²) in [6, 6.07) is 10.8. The molecule has 31 heavy (non-hydrogen) atoms. The van der Waals surface area contributed by atoms with Crippen molar-refractivity contribution in [3.05, 3.63) is 53.2 Å². The predicted molar refractivity (Wildman–Crippen MR) is 112 cm³/mol. The van der Waals surface area contributed by atoms with Crippen LogP contribution in [0.4, 0.5) is 4.39 Å². The van der Waals surface area contributed by atoms with E-state index in [0.29, 0.717) is 11.1 Å². The lowest BCUT2D eigenvalue weighted by atomic mass is 9.95. The highest BCUT2D eigenvalue weighted by Gasteiger charge is 2.25. The Balaban J connectivity index is 1.89. The molecule has 1 heterocycles. The van der Waals surface area contributed by atoms with Gasteiger partial charge in [0.1, 0.15) is 17.2 Å². The summed E-state index contributed by atoms with van der Waals surface area (Å²) < 4.78 is 25.9. The standard InChI is InChI=1S/C23H22FN3O4/c1-13-15(10-25)20-21(19(24)18(13)14-8-6-5-7-9-14)30-22(27-20)16(28)11-26-12-17(29)31-23(2,3)4/h5-9,26H,11-12H2,1-4H3. The van der Waals surface area contributed by atoms with E-state index in [9.17, 15) is 14.9 Å². The molecule has 3 rings (SSSR count). The van der Waals surface area contributed by atoms with E-state index in [1.807, 2.05) is 6.07 Å². The van der Waals surface area contributed by atoms with Crippen LogP contribution in [-0.4, -0.2) is 35.4 Å². The minimum absolute atomic E-state index is 0.00678. The average molecular weight is 423 g/mol. The number of hydrogen-bond donors (Lipinski definition) is 1. The van der Waals surface area contributed by atoms with Gasteiger partial charge in [0, 0.05) is 5.56 Å². The molecule has 0 atom stereocenters. The quantitative estimate of drug-likeness (QED) is 0.473. The fourth-order valence-electron chi connectivity index (χ4n) is 3.15. The summed E-state index contributed by atoms with van der Waals surface area (Å²) >= 11 is 0. The molecule has 0 aliphatic heterocycles. The molecule has 3 aromatic rings. The van der Waals surface area contributed by atoms with Crippen LogP contribution in [0.1, 0.15) is 42.6 Å². The molecule has 0 saturated carbocycles. The van der Waals surface area contributed by atoms with E-state index >= 15 is 4.39 Å². The van der Waals surface area contributed by atoms with Gasteiger partial charge >= 0.3 is 5.97 Å². The fourth-order valence-corrected chi connectivity index (χ4v) is 3.15. The van der Waals surface area contributed by atoms with Gasteiger partial charge in [0.15, 0.2) is 11.4 Å². The minimum Gasteiger partial charge on any atom is -0.459 e. The van der Waals surface area contributed by atoms with Crippen LogP contribution < -0.4 is 5.32 Å². The zero-order chi connectivity index (χ0) is 22.8. The highest BCUT2D eigenvalue weighted by Crippen LogP contribution is 2.35. The van der Waals surface area contributed by atoms with Crippen molar-refractivity contribution in [3.63, 3.8) is 0 Å².